The van der Waals surface area contributed by atoms with E-state index in [1.165, 1.54) is 11.1 Å². The highest BCUT2D eigenvalue weighted by Crippen LogP contribution is 2.22. The van der Waals surface area contributed by atoms with Gasteiger partial charge in [0.15, 0.2) is 0 Å². The molecule has 0 spiro atoms. The van der Waals surface area contributed by atoms with Gasteiger partial charge in [-0.25, -0.2) is 4.79 Å². The Labute approximate surface area is 145 Å². The number of aromatic amines is 2. The summed E-state index contributed by atoms with van der Waals surface area (Å²) in [5.74, 6) is 0.0216. The van der Waals surface area contributed by atoms with Crippen LogP contribution in [0, 0.1) is 6.92 Å². The van der Waals surface area contributed by atoms with Crippen molar-refractivity contribution in [1.29, 1.82) is 0 Å². The van der Waals surface area contributed by atoms with Crippen molar-refractivity contribution < 1.29 is 4.79 Å². The molecule has 130 valence electrons. The lowest BCUT2D eigenvalue weighted by molar-refractivity contribution is -0.130. The Morgan fingerprint density at radius 2 is 1.92 bits per heavy atom. The van der Waals surface area contributed by atoms with Crippen LogP contribution in [0.25, 0.3) is 5.57 Å². The first-order chi connectivity index (χ1) is 12.0. The van der Waals surface area contributed by atoms with Gasteiger partial charge in [0.2, 0.25) is 5.91 Å². The average molecular weight is 339 g/mol. The topological polar surface area (TPSA) is 86.0 Å². The monoisotopic (exact) mass is 339 g/mol. The number of aromatic nitrogens is 2. The maximum absolute atomic E-state index is 12.4. The number of amides is 1. The number of aryl methyl sites for hydroxylation is 1. The van der Waals surface area contributed by atoms with E-state index in [0.29, 0.717) is 30.8 Å². The summed E-state index contributed by atoms with van der Waals surface area (Å²) in [6.45, 7) is 2.94. The second-order valence-corrected chi connectivity index (χ2v) is 6.20. The molecular formula is C19H21N3O3. The van der Waals surface area contributed by atoms with E-state index in [-0.39, 0.29) is 12.3 Å². The van der Waals surface area contributed by atoms with Crippen LogP contribution in [0.15, 0.2) is 46.0 Å². The highest BCUT2D eigenvalue weighted by Gasteiger charge is 2.18. The number of H-pyrrole nitrogens is 2. The molecule has 2 heterocycles. The van der Waals surface area contributed by atoms with Crippen LogP contribution in [-0.2, 0) is 11.2 Å². The molecule has 0 saturated carbocycles. The number of benzene rings is 1. The number of carbonyl (C=O) groups is 1. The molecule has 1 aliphatic rings. The molecule has 6 heteroatoms. The second kappa shape index (κ2) is 7.34. The van der Waals surface area contributed by atoms with Crippen molar-refractivity contribution in [3.63, 3.8) is 0 Å². The molecule has 3 rings (SSSR count). The number of nitrogens with one attached hydrogen (secondary N) is 2. The lowest BCUT2D eigenvalue weighted by atomic mass is 9.99. The van der Waals surface area contributed by atoms with Crippen molar-refractivity contribution in [2.75, 3.05) is 13.1 Å². The predicted molar refractivity (Wildman–Crippen MR) is 96.4 cm³/mol. The number of nitrogens with zero attached hydrogens (tertiary/aromatic N) is 1. The third-order valence-electron chi connectivity index (χ3n) is 4.55. The summed E-state index contributed by atoms with van der Waals surface area (Å²) < 4.78 is 0. The lowest BCUT2D eigenvalue weighted by Gasteiger charge is -2.26. The first kappa shape index (κ1) is 17.0. The molecule has 25 heavy (non-hydrogen) atoms. The van der Waals surface area contributed by atoms with Crippen molar-refractivity contribution in [3.05, 3.63) is 74.1 Å². The number of rotatable bonds is 4. The van der Waals surface area contributed by atoms with Crippen LogP contribution >= 0.6 is 0 Å². The Morgan fingerprint density at radius 1 is 1.16 bits per heavy atom. The van der Waals surface area contributed by atoms with E-state index in [1.807, 2.05) is 23.1 Å². The molecule has 6 nitrogen and oxygen atoms in total. The minimum absolute atomic E-state index is 0.0216. The molecule has 0 unspecified atom stereocenters. The normalized spacial score (nSPS) is 14.3. The van der Waals surface area contributed by atoms with Gasteiger partial charge in [0.25, 0.3) is 5.56 Å². The fourth-order valence-electron chi connectivity index (χ4n) is 3.13. The van der Waals surface area contributed by atoms with Crippen molar-refractivity contribution in [3.8, 4) is 0 Å². The molecule has 0 bridgehead atoms. The highest BCUT2D eigenvalue weighted by molar-refractivity contribution is 5.78. The van der Waals surface area contributed by atoms with Gasteiger partial charge in [0.1, 0.15) is 0 Å². The Hall–Kier alpha value is -2.89. The van der Waals surface area contributed by atoms with Crippen LogP contribution in [0.2, 0.25) is 0 Å². The quantitative estimate of drug-likeness (QED) is 0.887. The van der Waals surface area contributed by atoms with Crippen molar-refractivity contribution in [1.82, 2.24) is 14.9 Å². The molecule has 0 radical (unpaired) electrons. The fraction of sp³-hybridized carbons (Fsp3) is 0.316. The Kier molecular flexibility index (Phi) is 4.97. The van der Waals surface area contributed by atoms with Crippen LogP contribution in [0.1, 0.15) is 29.7 Å². The third-order valence-corrected chi connectivity index (χ3v) is 4.55. The summed E-state index contributed by atoms with van der Waals surface area (Å²) in [4.78, 5) is 42.0. The molecule has 1 aromatic heterocycles. The van der Waals surface area contributed by atoms with Crippen LogP contribution in [0.5, 0.6) is 0 Å². The van der Waals surface area contributed by atoms with E-state index in [0.717, 1.165) is 6.42 Å². The van der Waals surface area contributed by atoms with Gasteiger partial charge < -0.3 is 9.88 Å². The smallest absolute Gasteiger partial charge is 0.325 e. The first-order valence-corrected chi connectivity index (χ1v) is 8.39. The number of hydrogen-bond acceptors (Lipinski definition) is 3. The molecule has 1 aliphatic heterocycles. The summed E-state index contributed by atoms with van der Waals surface area (Å²) in [5.41, 5.74) is 2.51. The standard InChI is InChI=1S/C19H21N3O3/c1-13-16(18(24)21-19(25)20-13)7-8-17(23)22-11-9-15(10-12-22)14-5-3-2-4-6-14/h2-6,9H,7-8,10-12H2,1H3,(H2,20,21,24,25). The largest absolute Gasteiger partial charge is 0.339 e. The molecule has 2 aromatic rings. The van der Waals surface area contributed by atoms with Gasteiger partial charge >= 0.3 is 5.69 Å². The van der Waals surface area contributed by atoms with Gasteiger partial charge in [-0.2, -0.15) is 0 Å². The summed E-state index contributed by atoms with van der Waals surface area (Å²) in [7, 11) is 0. The summed E-state index contributed by atoms with van der Waals surface area (Å²) in [6, 6.07) is 10.2. The number of hydrogen-bond donors (Lipinski definition) is 2. The molecular weight excluding hydrogens is 318 g/mol. The minimum Gasteiger partial charge on any atom is -0.339 e. The minimum atomic E-state index is -0.521. The van der Waals surface area contributed by atoms with E-state index in [2.05, 4.69) is 28.2 Å². The Balaban J connectivity index is 1.61. The van der Waals surface area contributed by atoms with Gasteiger partial charge in [-0.15, -0.1) is 0 Å². The molecule has 0 aliphatic carbocycles. The van der Waals surface area contributed by atoms with Crippen LogP contribution in [-0.4, -0.2) is 33.9 Å². The second-order valence-electron chi connectivity index (χ2n) is 6.20. The molecule has 1 amide bonds. The van der Waals surface area contributed by atoms with Crippen molar-refractivity contribution in [2.24, 2.45) is 0 Å². The van der Waals surface area contributed by atoms with Crippen molar-refractivity contribution >= 4 is 11.5 Å². The Bertz CT molecular complexity index is 910. The van der Waals surface area contributed by atoms with Gasteiger partial charge in [-0.3, -0.25) is 14.6 Å². The average Bonchev–Trinajstić information content (AvgIpc) is 2.61. The molecule has 0 fully saturated rings. The number of carbonyl (C=O) groups excluding carboxylic acids is 1. The van der Waals surface area contributed by atoms with E-state index >= 15 is 0 Å². The Morgan fingerprint density at radius 3 is 2.56 bits per heavy atom. The molecule has 0 atom stereocenters. The van der Waals surface area contributed by atoms with E-state index < -0.39 is 11.2 Å². The molecule has 1 aromatic carbocycles. The van der Waals surface area contributed by atoms with Crippen LogP contribution < -0.4 is 11.2 Å². The maximum Gasteiger partial charge on any atom is 0.325 e. The summed E-state index contributed by atoms with van der Waals surface area (Å²) in [5, 5.41) is 0. The zero-order chi connectivity index (χ0) is 17.8. The maximum atomic E-state index is 12.4. The van der Waals surface area contributed by atoms with Gasteiger partial charge in [-0.1, -0.05) is 36.4 Å². The van der Waals surface area contributed by atoms with Gasteiger partial charge in [0.05, 0.1) is 0 Å². The van der Waals surface area contributed by atoms with E-state index in [9.17, 15) is 14.4 Å². The fourth-order valence-corrected chi connectivity index (χ4v) is 3.13. The SMILES string of the molecule is Cc1[nH]c(=O)[nH]c(=O)c1CCC(=O)N1CC=C(c2ccccc2)CC1. The molecule has 2 N–H and O–H groups in total. The first-order valence-electron chi connectivity index (χ1n) is 8.39. The predicted octanol–water partition coefficient (Wildman–Crippen LogP) is 1.62. The van der Waals surface area contributed by atoms with Crippen LogP contribution in [0.3, 0.4) is 0 Å². The third kappa shape index (κ3) is 3.96. The summed E-state index contributed by atoms with van der Waals surface area (Å²) in [6.07, 6.45) is 3.50. The lowest BCUT2D eigenvalue weighted by Crippen LogP contribution is -2.35. The van der Waals surface area contributed by atoms with E-state index in [4.69, 9.17) is 0 Å². The zero-order valence-corrected chi connectivity index (χ0v) is 14.2. The van der Waals surface area contributed by atoms with E-state index in [1.54, 1.807) is 6.92 Å². The molecule has 0 saturated heterocycles. The zero-order valence-electron chi connectivity index (χ0n) is 14.2. The van der Waals surface area contributed by atoms with Gasteiger partial charge in [0, 0.05) is 30.8 Å². The van der Waals surface area contributed by atoms with Crippen LogP contribution in [0.4, 0.5) is 0 Å². The van der Waals surface area contributed by atoms with Crippen molar-refractivity contribution in [2.45, 2.75) is 26.2 Å². The summed E-state index contributed by atoms with van der Waals surface area (Å²) >= 11 is 0. The highest BCUT2D eigenvalue weighted by atomic mass is 16.2. The van der Waals surface area contributed by atoms with Gasteiger partial charge in [-0.05, 0) is 30.9 Å².